The Morgan fingerprint density at radius 2 is 1.68 bits per heavy atom. The van der Waals surface area contributed by atoms with E-state index in [0.717, 1.165) is 36.2 Å². The van der Waals surface area contributed by atoms with Gasteiger partial charge >= 0.3 is 0 Å². The molecule has 1 aliphatic rings. The zero-order valence-corrected chi connectivity index (χ0v) is 26.8. The molecule has 1 aliphatic heterocycles. The third-order valence-electron chi connectivity index (χ3n) is 7.86. The molecule has 2 atom stereocenters. The topological polar surface area (TPSA) is 87.7 Å². The maximum Gasteiger partial charge on any atom is 0.254 e. The molecule has 3 aromatic rings. The minimum absolute atomic E-state index is 0.00597. The molecular formula is C35H46N2O7. The molecule has 0 spiro atoms. The second-order valence-corrected chi connectivity index (χ2v) is 11.1. The highest BCUT2D eigenvalue weighted by molar-refractivity contribution is 5.95. The molecule has 0 saturated carbocycles. The van der Waals surface area contributed by atoms with Gasteiger partial charge in [0.25, 0.3) is 5.91 Å². The maximum atomic E-state index is 13.8. The second kappa shape index (κ2) is 16.3. The van der Waals surface area contributed by atoms with Crippen molar-refractivity contribution in [1.82, 2.24) is 10.2 Å². The summed E-state index contributed by atoms with van der Waals surface area (Å²) in [5.41, 5.74) is 3.61. The SMILES string of the molecule is COCCCOc1cc(C(=O)N(CC2CNCC2OCc2cccc(-c3cccc(OC)c3OC)c2)C(C)C)ccc1OC. The highest BCUT2D eigenvalue weighted by Gasteiger charge is 2.32. The number of rotatable bonds is 16. The molecule has 0 radical (unpaired) electrons. The molecule has 238 valence electrons. The van der Waals surface area contributed by atoms with E-state index >= 15 is 0 Å². The molecule has 9 nitrogen and oxygen atoms in total. The Balaban J connectivity index is 1.43. The zero-order chi connectivity index (χ0) is 31.5. The number of ether oxygens (including phenoxy) is 6. The predicted molar refractivity (Wildman–Crippen MR) is 171 cm³/mol. The van der Waals surface area contributed by atoms with E-state index in [-0.39, 0.29) is 24.0 Å². The first-order chi connectivity index (χ1) is 21.4. The molecule has 1 N–H and O–H groups in total. The molecule has 0 aromatic heterocycles. The Morgan fingerprint density at radius 1 is 0.886 bits per heavy atom. The van der Waals surface area contributed by atoms with Crippen LogP contribution in [-0.2, 0) is 16.1 Å². The highest BCUT2D eigenvalue weighted by Crippen LogP contribution is 2.38. The molecule has 1 amide bonds. The zero-order valence-electron chi connectivity index (χ0n) is 26.8. The van der Waals surface area contributed by atoms with Gasteiger partial charge in [0.05, 0.1) is 40.6 Å². The third-order valence-corrected chi connectivity index (χ3v) is 7.86. The van der Waals surface area contributed by atoms with Gasteiger partial charge < -0.3 is 38.6 Å². The summed E-state index contributed by atoms with van der Waals surface area (Å²) in [6.45, 7) is 7.70. The van der Waals surface area contributed by atoms with Crippen molar-refractivity contribution in [3.8, 4) is 34.1 Å². The van der Waals surface area contributed by atoms with Crippen molar-refractivity contribution in [3.63, 3.8) is 0 Å². The third kappa shape index (κ3) is 8.22. The van der Waals surface area contributed by atoms with E-state index in [0.29, 0.717) is 54.9 Å². The second-order valence-electron chi connectivity index (χ2n) is 11.1. The number of para-hydroxylation sites is 1. The Kier molecular flexibility index (Phi) is 12.3. The maximum absolute atomic E-state index is 13.8. The predicted octanol–water partition coefficient (Wildman–Crippen LogP) is 5.45. The van der Waals surface area contributed by atoms with Gasteiger partial charge in [0.2, 0.25) is 0 Å². The van der Waals surface area contributed by atoms with Crippen LogP contribution in [0.2, 0.25) is 0 Å². The fourth-order valence-corrected chi connectivity index (χ4v) is 5.49. The van der Waals surface area contributed by atoms with E-state index in [4.69, 9.17) is 28.4 Å². The summed E-state index contributed by atoms with van der Waals surface area (Å²) in [7, 11) is 6.55. The number of hydrogen-bond acceptors (Lipinski definition) is 8. The van der Waals surface area contributed by atoms with Gasteiger partial charge in [-0.15, -0.1) is 0 Å². The van der Waals surface area contributed by atoms with Crippen LogP contribution < -0.4 is 24.3 Å². The van der Waals surface area contributed by atoms with Crippen LogP contribution in [0, 0.1) is 5.92 Å². The number of carbonyl (C=O) groups excluding carboxylic acids is 1. The first-order valence-electron chi connectivity index (χ1n) is 15.1. The van der Waals surface area contributed by atoms with Crippen molar-refractivity contribution < 1.29 is 33.2 Å². The van der Waals surface area contributed by atoms with Crippen molar-refractivity contribution in [2.24, 2.45) is 5.92 Å². The van der Waals surface area contributed by atoms with Crippen LogP contribution in [0.25, 0.3) is 11.1 Å². The fraction of sp³-hybridized carbons (Fsp3) is 0.457. The molecule has 0 bridgehead atoms. The Bertz CT molecular complexity index is 1360. The lowest BCUT2D eigenvalue weighted by molar-refractivity contribution is 0.0129. The summed E-state index contributed by atoms with van der Waals surface area (Å²) in [5.74, 6) is 2.64. The van der Waals surface area contributed by atoms with Crippen LogP contribution in [-0.4, -0.2) is 84.2 Å². The number of amides is 1. The van der Waals surface area contributed by atoms with Crippen molar-refractivity contribution >= 4 is 5.91 Å². The lowest BCUT2D eigenvalue weighted by atomic mass is 10.0. The van der Waals surface area contributed by atoms with Crippen molar-refractivity contribution in [2.75, 3.05) is 61.3 Å². The Morgan fingerprint density at radius 3 is 2.41 bits per heavy atom. The van der Waals surface area contributed by atoms with Crippen LogP contribution in [0.4, 0.5) is 0 Å². The summed E-state index contributed by atoms with van der Waals surface area (Å²) in [6.07, 6.45) is 0.709. The average molecular weight is 607 g/mol. The number of benzene rings is 3. The van der Waals surface area contributed by atoms with Gasteiger partial charge in [0.1, 0.15) is 0 Å². The van der Waals surface area contributed by atoms with E-state index in [1.54, 1.807) is 46.6 Å². The van der Waals surface area contributed by atoms with E-state index in [1.807, 2.05) is 43.0 Å². The number of carbonyl (C=O) groups is 1. The summed E-state index contributed by atoms with van der Waals surface area (Å²) in [4.78, 5) is 15.7. The van der Waals surface area contributed by atoms with Crippen molar-refractivity contribution in [3.05, 3.63) is 71.8 Å². The molecule has 1 saturated heterocycles. The largest absolute Gasteiger partial charge is 0.493 e. The summed E-state index contributed by atoms with van der Waals surface area (Å²) >= 11 is 0. The number of nitrogens with one attached hydrogen (secondary N) is 1. The van der Waals surface area contributed by atoms with E-state index < -0.39 is 0 Å². The standard InChI is InChI=1S/C35H46N2O7/c1-24(2)37(35(38)27-14-15-30(40-4)32(19-27)43-17-9-16-39-3)22-28-20-36-21-33(28)44-23-25-10-7-11-26(18-25)29-12-8-13-31(41-5)34(29)42-6/h7-8,10-15,18-19,24,28,33,36H,9,16-17,20-23H2,1-6H3. The van der Waals surface area contributed by atoms with Crippen LogP contribution in [0.5, 0.6) is 23.0 Å². The molecule has 9 heteroatoms. The average Bonchev–Trinajstić information content (AvgIpc) is 3.50. The van der Waals surface area contributed by atoms with E-state index in [2.05, 4.69) is 23.5 Å². The molecule has 2 unspecified atom stereocenters. The van der Waals surface area contributed by atoms with Crippen molar-refractivity contribution in [2.45, 2.75) is 39.0 Å². The lowest BCUT2D eigenvalue weighted by Gasteiger charge is -2.31. The smallest absolute Gasteiger partial charge is 0.254 e. The van der Waals surface area contributed by atoms with Crippen LogP contribution in [0.3, 0.4) is 0 Å². The van der Waals surface area contributed by atoms with E-state index in [9.17, 15) is 4.79 Å². The summed E-state index contributed by atoms with van der Waals surface area (Å²) in [6, 6.07) is 19.5. The monoisotopic (exact) mass is 606 g/mol. The van der Waals surface area contributed by atoms with Gasteiger partial charge in [0.15, 0.2) is 23.0 Å². The van der Waals surface area contributed by atoms with Gasteiger partial charge in [-0.3, -0.25) is 4.79 Å². The first kappa shape index (κ1) is 33.1. The highest BCUT2D eigenvalue weighted by atomic mass is 16.5. The van der Waals surface area contributed by atoms with Crippen molar-refractivity contribution in [1.29, 1.82) is 0 Å². The molecular weight excluding hydrogens is 560 g/mol. The van der Waals surface area contributed by atoms with Crippen LogP contribution in [0.15, 0.2) is 60.7 Å². The first-order valence-corrected chi connectivity index (χ1v) is 15.1. The molecule has 4 rings (SSSR count). The van der Waals surface area contributed by atoms with Gasteiger partial charge in [-0.1, -0.05) is 30.3 Å². The normalized spacial score (nSPS) is 16.2. The van der Waals surface area contributed by atoms with Gasteiger partial charge in [-0.2, -0.15) is 0 Å². The van der Waals surface area contributed by atoms with E-state index in [1.165, 1.54) is 0 Å². The Labute approximate surface area is 261 Å². The van der Waals surface area contributed by atoms with Crippen LogP contribution >= 0.6 is 0 Å². The molecule has 1 heterocycles. The quantitative estimate of drug-likeness (QED) is 0.216. The lowest BCUT2D eigenvalue weighted by Crippen LogP contribution is -2.43. The minimum Gasteiger partial charge on any atom is -0.493 e. The number of hydrogen-bond donors (Lipinski definition) is 1. The molecule has 0 aliphatic carbocycles. The molecule has 3 aromatic carbocycles. The van der Waals surface area contributed by atoms with Gasteiger partial charge in [-0.05, 0) is 55.3 Å². The number of methoxy groups -OCH3 is 4. The number of nitrogens with zero attached hydrogens (tertiary/aromatic N) is 1. The fourth-order valence-electron chi connectivity index (χ4n) is 5.49. The molecule has 1 fully saturated rings. The summed E-state index contributed by atoms with van der Waals surface area (Å²) < 4.78 is 34.1. The van der Waals surface area contributed by atoms with Crippen LogP contribution in [0.1, 0.15) is 36.2 Å². The van der Waals surface area contributed by atoms with Gasteiger partial charge in [0, 0.05) is 62.9 Å². The summed E-state index contributed by atoms with van der Waals surface area (Å²) in [5, 5.41) is 3.46. The minimum atomic E-state index is -0.0463. The van der Waals surface area contributed by atoms with Gasteiger partial charge in [-0.25, -0.2) is 0 Å². The Hall–Kier alpha value is -3.79. The molecule has 44 heavy (non-hydrogen) atoms.